The Kier molecular flexibility index (Phi) is 7.19. The predicted octanol–water partition coefficient (Wildman–Crippen LogP) is 4.96. The molecule has 4 N–H and O–H groups in total. The quantitative estimate of drug-likeness (QED) is 0.461. The second-order valence-electron chi connectivity index (χ2n) is 9.77. The van der Waals surface area contributed by atoms with Crippen LogP contribution in [0.5, 0.6) is 5.75 Å². The van der Waals surface area contributed by atoms with E-state index in [-0.39, 0.29) is 16.8 Å². The number of aromatic hydroxyl groups is 1. The zero-order chi connectivity index (χ0) is 22.7. The molecule has 0 spiro atoms. The van der Waals surface area contributed by atoms with Crippen LogP contribution >= 0.6 is 0 Å². The molecule has 164 valence electrons. The van der Waals surface area contributed by atoms with Crippen molar-refractivity contribution >= 4 is 11.7 Å². The van der Waals surface area contributed by atoms with Crippen LogP contribution in [0.25, 0.3) is 0 Å². The van der Waals surface area contributed by atoms with Gasteiger partial charge in [-0.2, -0.15) is 0 Å². The number of esters is 1. The molecule has 0 aromatic heterocycles. The first-order valence-corrected chi connectivity index (χ1v) is 10.5. The molecule has 0 aliphatic rings. The van der Waals surface area contributed by atoms with Crippen LogP contribution in [-0.4, -0.2) is 17.7 Å². The van der Waals surface area contributed by atoms with Crippen LogP contribution < -0.4 is 11.1 Å². The summed E-state index contributed by atoms with van der Waals surface area (Å²) in [5.41, 5.74) is 9.34. The number of phenols is 1. The molecule has 0 aliphatic heterocycles. The van der Waals surface area contributed by atoms with Gasteiger partial charge in [-0.15, -0.1) is 0 Å². The van der Waals surface area contributed by atoms with Gasteiger partial charge >= 0.3 is 5.97 Å². The number of nitrogen functional groups attached to an aromatic ring is 1. The smallest absolute Gasteiger partial charge is 0.327 e. The fourth-order valence-corrected chi connectivity index (χ4v) is 3.39. The summed E-state index contributed by atoms with van der Waals surface area (Å²) >= 11 is 0. The van der Waals surface area contributed by atoms with Crippen molar-refractivity contribution in [2.45, 2.75) is 71.9 Å². The van der Waals surface area contributed by atoms with Gasteiger partial charge in [0.1, 0.15) is 11.8 Å². The van der Waals surface area contributed by atoms with Gasteiger partial charge in [0, 0.05) is 12.2 Å². The minimum absolute atomic E-state index is 0.281. The minimum Gasteiger partial charge on any atom is -0.507 e. The molecular weight excluding hydrogens is 376 g/mol. The van der Waals surface area contributed by atoms with Crippen molar-refractivity contribution in [1.29, 1.82) is 0 Å². The van der Waals surface area contributed by atoms with Gasteiger partial charge in [-0.05, 0) is 64.3 Å². The SMILES string of the molecule is CCOC(=O)C(NCc1ccc(N)cc1)c1cc(C(C)(C)C)c(O)c(C(C)(C)C)c1. The number of phenolic OH excluding ortho intramolecular Hbond substituents is 1. The van der Waals surface area contributed by atoms with Crippen LogP contribution in [0.1, 0.15) is 76.8 Å². The Morgan fingerprint density at radius 2 is 1.53 bits per heavy atom. The molecule has 30 heavy (non-hydrogen) atoms. The van der Waals surface area contributed by atoms with Crippen LogP contribution in [0.2, 0.25) is 0 Å². The molecule has 5 nitrogen and oxygen atoms in total. The number of hydrogen-bond donors (Lipinski definition) is 3. The van der Waals surface area contributed by atoms with E-state index in [0.29, 0.717) is 24.6 Å². The molecule has 2 aromatic rings. The minimum atomic E-state index is -0.648. The normalized spacial score (nSPS) is 13.2. The lowest BCUT2D eigenvalue weighted by Gasteiger charge is -2.29. The number of hydrogen-bond acceptors (Lipinski definition) is 5. The Bertz CT molecular complexity index is 840. The number of ether oxygens (including phenoxy) is 1. The largest absolute Gasteiger partial charge is 0.507 e. The van der Waals surface area contributed by atoms with Crippen molar-refractivity contribution in [3.05, 3.63) is 58.7 Å². The summed E-state index contributed by atoms with van der Waals surface area (Å²) in [4.78, 5) is 12.9. The molecule has 0 radical (unpaired) electrons. The first-order chi connectivity index (χ1) is 13.8. The number of benzene rings is 2. The molecule has 0 fully saturated rings. The van der Waals surface area contributed by atoms with Crippen molar-refractivity contribution in [1.82, 2.24) is 5.32 Å². The maximum atomic E-state index is 12.9. The summed E-state index contributed by atoms with van der Waals surface area (Å²) in [6.45, 7) is 14.9. The number of carbonyl (C=O) groups excluding carboxylic acids is 1. The van der Waals surface area contributed by atoms with Gasteiger partial charge < -0.3 is 15.6 Å². The third-order valence-electron chi connectivity index (χ3n) is 5.09. The lowest BCUT2D eigenvalue weighted by molar-refractivity contribution is -0.145. The van der Waals surface area contributed by atoms with E-state index in [1.54, 1.807) is 6.92 Å². The van der Waals surface area contributed by atoms with E-state index in [1.165, 1.54) is 0 Å². The molecule has 1 unspecified atom stereocenters. The number of nitrogens with one attached hydrogen (secondary N) is 1. The van der Waals surface area contributed by atoms with E-state index in [4.69, 9.17) is 10.5 Å². The maximum absolute atomic E-state index is 12.9. The van der Waals surface area contributed by atoms with Gasteiger partial charge in [0.2, 0.25) is 0 Å². The molecule has 0 amide bonds. The van der Waals surface area contributed by atoms with E-state index in [2.05, 4.69) is 46.9 Å². The van der Waals surface area contributed by atoms with E-state index in [9.17, 15) is 9.90 Å². The molecule has 1 atom stereocenters. The Morgan fingerprint density at radius 1 is 1.03 bits per heavy atom. The molecule has 5 heteroatoms. The molecule has 0 bridgehead atoms. The van der Waals surface area contributed by atoms with Gasteiger partial charge in [-0.1, -0.05) is 53.7 Å². The fourth-order valence-electron chi connectivity index (χ4n) is 3.39. The predicted molar refractivity (Wildman–Crippen MR) is 123 cm³/mol. The zero-order valence-corrected chi connectivity index (χ0v) is 19.3. The van der Waals surface area contributed by atoms with Crippen molar-refractivity contribution in [3.63, 3.8) is 0 Å². The number of nitrogens with two attached hydrogens (primary N) is 1. The standard InChI is InChI=1S/C25H36N2O3/c1-8-30-23(29)21(27-15-16-9-11-18(26)12-10-16)17-13-19(24(2,3)4)22(28)20(14-17)25(5,6)7/h9-14,21,27-28H,8,15,26H2,1-7H3. The molecule has 2 aromatic carbocycles. The topological polar surface area (TPSA) is 84.6 Å². The lowest BCUT2D eigenvalue weighted by atomic mass is 9.77. The Hall–Kier alpha value is -2.53. The molecule has 0 saturated heterocycles. The fraction of sp³-hybridized carbons (Fsp3) is 0.480. The second kappa shape index (κ2) is 9.09. The number of carbonyl (C=O) groups is 1. The summed E-state index contributed by atoms with van der Waals surface area (Å²) in [5, 5.41) is 14.3. The monoisotopic (exact) mass is 412 g/mol. The van der Waals surface area contributed by atoms with Crippen LogP contribution in [0, 0.1) is 0 Å². The summed E-state index contributed by atoms with van der Waals surface area (Å²) < 4.78 is 5.36. The van der Waals surface area contributed by atoms with E-state index >= 15 is 0 Å². The Morgan fingerprint density at radius 3 is 1.97 bits per heavy atom. The van der Waals surface area contributed by atoms with Crippen LogP contribution in [0.15, 0.2) is 36.4 Å². The van der Waals surface area contributed by atoms with E-state index < -0.39 is 6.04 Å². The van der Waals surface area contributed by atoms with Crippen LogP contribution in [0.3, 0.4) is 0 Å². The summed E-state index contributed by atoms with van der Waals surface area (Å²) in [5.74, 6) is -0.0433. The van der Waals surface area contributed by atoms with Crippen molar-refractivity contribution < 1.29 is 14.6 Å². The highest BCUT2D eigenvalue weighted by Crippen LogP contribution is 2.41. The third kappa shape index (κ3) is 5.76. The molecule has 0 aliphatic carbocycles. The molecular formula is C25H36N2O3. The average molecular weight is 413 g/mol. The van der Waals surface area contributed by atoms with Crippen molar-refractivity contribution in [2.24, 2.45) is 0 Å². The van der Waals surface area contributed by atoms with Gasteiger partial charge in [-0.25, -0.2) is 4.79 Å². The number of rotatable bonds is 6. The maximum Gasteiger partial charge on any atom is 0.327 e. The highest BCUT2D eigenvalue weighted by molar-refractivity contribution is 5.78. The lowest BCUT2D eigenvalue weighted by Crippen LogP contribution is -2.31. The Balaban J connectivity index is 2.53. The highest BCUT2D eigenvalue weighted by Gasteiger charge is 2.30. The van der Waals surface area contributed by atoms with Gasteiger partial charge in [0.25, 0.3) is 0 Å². The zero-order valence-electron chi connectivity index (χ0n) is 19.3. The summed E-state index contributed by atoms with van der Waals surface area (Å²) in [7, 11) is 0. The average Bonchev–Trinajstić information content (AvgIpc) is 2.62. The third-order valence-corrected chi connectivity index (χ3v) is 5.09. The van der Waals surface area contributed by atoms with Crippen molar-refractivity contribution in [3.8, 4) is 5.75 Å². The second-order valence-corrected chi connectivity index (χ2v) is 9.77. The van der Waals surface area contributed by atoms with Crippen molar-refractivity contribution in [2.75, 3.05) is 12.3 Å². The van der Waals surface area contributed by atoms with Crippen LogP contribution in [-0.2, 0) is 26.9 Å². The summed E-state index contributed by atoms with van der Waals surface area (Å²) in [6, 6.07) is 10.7. The van der Waals surface area contributed by atoms with E-state index in [0.717, 1.165) is 22.3 Å². The highest BCUT2D eigenvalue weighted by atomic mass is 16.5. The first-order valence-electron chi connectivity index (χ1n) is 10.5. The first kappa shape index (κ1) is 23.7. The molecule has 0 heterocycles. The van der Waals surface area contributed by atoms with Gasteiger partial charge in [-0.3, -0.25) is 5.32 Å². The molecule has 2 rings (SSSR count). The number of anilines is 1. The van der Waals surface area contributed by atoms with Gasteiger partial charge in [0.05, 0.1) is 6.61 Å². The Labute approximate surface area is 180 Å². The molecule has 0 saturated carbocycles. The van der Waals surface area contributed by atoms with Crippen LogP contribution in [0.4, 0.5) is 5.69 Å². The van der Waals surface area contributed by atoms with Gasteiger partial charge in [0.15, 0.2) is 0 Å². The van der Waals surface area contributed by atoms with E-state index in [1.807, 2.05) is 36.4 Å². The summed E-state index contributed by atoms with van der Waals surface area (Å²) in [6.07, 6.45) is 0.